The average molecular weight is 558 g/mol. The minimum Gasteiger partial charge on any atom is -0.444 e. The monoisotopic (exact) mass is 557 g/mol. The number of rotatable bonds is 6. The summed E-state index contributed by atoms with van der Waals surface area (Å²) in [5.41, 5.74) is 3.20. The van der Waals surface area contributed by atoms with E-state index in [9.17, 15) is 9.18 Å². The lowest BCUT2D eigenvalue weighted by Crippen LogP contribution is -2.42. The molecule has 1 aromatic heterocycles. The summed E-state index contributed by atoms with van der Waals surface area (Å²) in [7, 11) is 0. The number of nitrogens with zero attached hydrogens (tertiary/aromatic N) is 3. The molecule has 0 aliphatic carbocycles. The second-order valence-corrected chi connectivity index (χ2v) is 12.9. The van der Waals surface area contributed by atoms with Gasteiger partial charge in [-0.25, -0.2) is 14.2 Å². The number of amides is 1. The molecule has 0 N–H and O–H groups in total. The van der Waals surface area contributed by atoms with Crippen LogP contribution in [-0.4, -0.2) is 45.0 Å². The SMILES string of the molecule is Cc1cc(C(C)(C)c2cnc(SCC3CCN(C(=O)OC(C)(C)C)CC3)n2-c2ccc(F)cc2)ccc1Cl. The molecular weight excluding hydrogens is 521 g/mol. The van der Waals surface area contributed by atoms with Gasteiger partial charge in [0.1, 0.15) is 11.4 Å². The molecule has 38 heavy (non-hydrogen) atoms. The minimum atomic E-state index is -0.489. The molecule has 5 nitrogen and oxygen atoms in total. The molecule has 4 rings (SSSR count). The van der Waals surface area contributed by atoms with Crippen LogP contribution in [0.1, 0.15) is 64.3 Å². The summed E-state index contributed by atoms with van der Waals surface area (Å²) in [4.78, 5) is 19.1. The first-order chi connectivity index (χ1) is 17.8. The van der Waals surface area contributed by atoms with Gasteiger partial charge in [0.05, 0.1) is 11.9 Å². The first kappa shape index (κ1) is 28.5. The van der Waals surface area contributed by atoms with E-state index in [1.807, 2.05) is 40.0 Å². The molecule has 1 amide bonds. The topological polar surface area (TPSA) is 47.4 Å². The normalized spacial score (nSPS) is 15.1. The highest BCUT2D eigenvalue weighted by Crippen LogP contribution is 2.38. The second-order valence-electron chi connectivity index (χ2n) is 11.5. The van der Waals surface area contributed by atoms with Gasteiger partial charge >= 0.3 is 6.09 Å². The molecule has 0 bridgehead atoms. The molecular formula is C30H37ClFN3O2S. The number of hydrogen-bond donors (Lipinski definition) is 0. The standard InChI is InChI=1S/C30H37ClFN3O2S/c1-20-17-22(7-12-25(20)31)30(5,6)26-18-33-27(35(26)24-10-8-23(32)9-11-24)38-19-21-13-15-34(16-14-21)28(36)37-29(2,3)4/h7-12,17-18,21H,13-16,19H2,1-6H3. The van der Waals surface area contributed by atoms with Gasteiger partial charge in [0.15, 0.2) is 5.16 Å². The minimum absolute atomic E-state index is 0.236. The van der Waals surface area contributed by atoms with Crippen LogP contribution < -0.4 is 0 Å². The molecule has 1 saturated heterocycles. The van der Waals surface area contributed by atoms with Gasteiger partial charge in [-0.05, 0) is 87.9 Å². The number of hydrogen-bond acceptors (Lipinski definition) is 4. The molecule has 3 aromatic rings. The summed E-state index contributed by atoms with van der Waals surface area (Å²) in [6, 6.07) is 12.7. The summed E-state index contributed by atoms with van der Waals surface area (Å²) >= 11 is 8.02. The summed E-state index contributed by atoms with van der Waals surface area (Å²) < 4.78 is 21.5. The lowest BCUT2D eigenvalue weighted by molar-refractivity contribution is 0.0191. The van der Waals surface area contributed by atoms with Crippen LogP contribution in [0.2, 0.25) is 5.02 Å². The van der Waals surface area contributed by atoms with E-state index in [0.29, 0.717) is 19.0 Å². The van der Waals surface area contributed by atoms with Crippen molar-refractivity contribution in [2.45, 2.75) is 70.6 Å². The zero-order chi connectivity index (χ0) is 27.7. The Bertz CT molecular complexity index is 1280. The van der Waals surface area contributed by atoms with Crippen LogP contribution in [-0.2, 0) is 10.2 Å². The number of carbonyl (C=O) groups is 1. The predicted octanol–water partition coefficient (Wildman–Crippen LogP) is 8.04. The molecule has 0 radical (unpaired) electrons. The van der Waals surface area contributed by atoms with Crippen molar-refractivity contribution in [2.75, 3.05) is 18.8 Å². The third-order valence-corrected chi connectivity index (χ3v) is 8.66. The van der Waals surface area contributed by atoms with E-state index in [-0.39, 0.29) is 17.3 Å². The maximum Gasteiger partial charge on any atom is 0.410 e. The summed E-state index contributed by atoms with van der Waals surface area (Å²) in [5.74, 6) is 1.08. The largest absolute Gasteiger partial charge is 0.444 e. The van der Waals surface area contributed by atoms with Crippen LogP contribution in [0.3, 0.4) is 0 Å². The van der Waals surface area contributed by atoms with Crippen molar-refractivity contribution in [3.63, 3.8) is 0 Å². The maximum atomic E-state index is 13.8. The van der Waals surface area contributed by atoms with Crippen molar-refractivity contribution in [1.82, 2.24) is 14.5 Å². The van der Waals surface area contributed by atoms with Gasteiger partial charge in [-0.1, -0.05) is 49.3 Å². The van der Waals surface area contributed by atoms with Gasteiger partial charge < -0.3 is 9.64 Å². The summed E-state index contributed by atoms with van der Waals surface area (Å²) in [6.07, 6.45) is 3.54. The molecule has 2 aromatic carbocycles. The number of piperidine rings is 1. The van der Waals surface area contributed by atoms with Crippen LogP contribution in [0.4, 0.5) is 9.18 Å². The van der Waals surface area contributed by atoms with Crippen LogP contribution in [0.15, 0.2) is 53.8 Å². The Labute approximate surface area is 234 Å². The highest BCUT2D eigenvalue weighted by atomic mass is 35.5. The van der Waals surface area contributed by atoms with Crippen molar-refractivity contribution < 1.29 is 13.9 Å². The smallest absolute Gasteiger partial charge is 0.410 e. The maximum absolute atomic E-state index is 13.8. The van der Waals surface area contributed by atoms with Crippen molar-refractivity contribution >= 4 is 29.5 Å². The molecule has 1 fully saturated rings. The third kappa shape index (κ3) is 6.55. The Morgan fingerprint density at radius 3 is 2.37 bits per heavy atom. The van der Waals surface area contributed by atoms with E-state index in [2.05, 4.69) is 30.5 Å². The fourth-order valence-corrected chi connectivity index (χ4v) is 6.00. The Morgan fingerprint density at radius 2 is 1.76 bits per heavy atom. The quantitative estimate of drug-likeness (QED) is 0.288. The summed E-state index contributed by atoms with van der Waals surface area (Å²) in [6.45, 7) is 13.4. The van der Waals surface area contributed by atoms with Gasteiger partial charge in [-0.2, -0.15) is 0 Å². The fourth-order valence-electron chi connectivity index (χ4n) is 4.70. The fraction of sp³-hybridized carbons (Fsp3) is 0.467. The van der Waals surface area contributed by atoms with Gasteiger partial charge in [0.2, 0.25) is 0 Å². The number of benzene rings is 2. The molecule has 0 unspecified atom stereocenters. The highest BCUT2D eigenvalue weighted by molar-refractivity contribution is 7.99. The lowest BCUT2D eigenvalue weighted by atomic mass is 9.81. The predicted molar refractivity (Wildman–Crippen MR) is 153 cm³/mol. The number of carbonyl (C=O) groups excluding carboxylic acids is 1. The second kappa shape index (κ2) is 11.3. The van der Waals surface area contributed by atoms with Gasteiger partial charge in [0, 0.05) is 35.0 Å². The van der Waals surface area contributed by atoms with Gasteiger partial charge in [-0.3, -0.25) is 4.57 Å². The number of aryl methyl sites for hydroxylation is 1. The van der Waals surface area contributed by atoms with Crippen molar-refractivity contribution in [3.8, 4) is 5.69 Å². The van der Waals surface area contributed by atoms with Gasteiger partial charge in [-0.15, -0.1) is 0 Å². The number of likely N-dealkylation sites (tertiary alicyclic amines) is 1. The van der Waals surface area contributed by atoms with Gasteiger partial charge in [0.25, 0.3) is 0 Å². The van der Waals surface area contributed by atoms with E-state index >= 15 is 0 Å². The van der Waals surface area contributed by atoms with Crippen LogP contribution >= 0.6 is 23.4 Å². The van der Waals surface area contributed by atoms with E-state index in [1.165, 1.54) is 12.1 Å². The Kier molecular flexibility index (Phi) is 8.48. The molecule has 0 saturated carbocycles. The number of thioether (sulfide) groups is 1. The van der Waals surface area contributed by atoms with E-state index in [0.717, 1.165) is 51.3 Å². The molecule has 204 valence electrons. The van der Waals surface area contributed by atoms with E-state index in [1.54, 1.807) is 28.8 Å². The zero-order valence-corrected chi connectivity index (χ0v) is 24.6. The molecule has 0 spiro atoms. The van der Waals surface area contributed by atoms with Crippen molar-refractivity contribution in [2.24, 2.45) is 5.92 Å². The van der Waals surface area contributed by atoms with E-state index < -0.39 is 5.60 Å². The third-order valence-electron chi connectivity index (χ3n) is 7.05. The number of halogens is 2. The van der Waals surface area contributed by atoms with Crippen molar-refractivity contribution in [1.29, 1.82) is 0 Å². The lowest BCUT2D eigenvalue weighted by Gasteiger charge is -2.33. The highest BCUT2D eigenvalue weighted by Gasteiger charge is 2.31. The van der Waals surface area contributed by atoms with E-state index in [4.69, 9.17) is 21.3 Å². The molecule has 1 aliphatic heterocycles. The average Bonchev–Trinajstić information content (AvgIpc) is 3.29. The van der Waals surface area contributed by atoms with Crippen LogP contribution in [0.5, 0.6) is 0 Å². The zero-order valence-electron chi connectivity index (χ0n) is 23.1. The first-order valence-electron chi connectivity index (χ1n) is 13.1. The Hall–Kier alpha value is -2.51. The van der Waals surface area contributed by atoms with Crippen LogP contribution in [0.25, 0.3) is 5.69 Å². The molecule has 8 heteroatoms. The Balaban J connectivity index is 1.54. The molecule has 2 heterocycles. The molecule has 0 atom stereocenters. The number of aromatic nitrogens is 2. The van der Waals surface area contributed by atoms with Crippen LogP contribution in [0, 0.1) is 18.7 Å². The Morgan fingerprint density at radius 1 is 1.11 bits per heavy atom. The van der Waals surface area contributed by atoms with Crippen molar-refractivity contribution in [3.05, 3.63) is 76.3 Å². The number of imidazole rings is 1. The number of ether oxygens (including phenoxy) is 1. The molecule has 1 aliphatic rings. The summed E-state index contributed by atoms with van der Waals surface area (Å²) in [5, 5.41) is 1.62. The first-order valence-corrected chi connectivity index (χ1v) is 14.4.